The van der Waals surface area contributed by atoms with Crippen LogP contribution in [0.4, 0.5) is 5.69 Å². The highest BCUT2D eigenvalue weighted by Gasteiger charge is 2.23. The van der Waals surface area contributed by atoms with Gasteiger partial charge in [0.05, 0.1) is 5.69 Å². The van der Waals surface area contributed by atoms with Gasteiger partial charge in [-0.15, -0.1) is 5.10 Å². The van der Waals surface area contributed by atoms with Gasteiger partial charge in [-0.2, -0.15) is 4.68 Å². The van der Waals surface area contributed by atoms with Crippen molar-refractivity contribution in [2.45, 2.75) is 32.4 Å². The molecule has 2 amide bonds. The molecule has 4 rings (SSSR count). The van der Waals surface area contributed by atoms with Gasteiger partial charge in [0.1, 0.15) is 0 Å². The first-order valence-electron chi connectivity index (χ1n) is 10.3. The Balaban J connectivity index is 1.27. The summed E-state index contributed by atoms with van der Waals surface area (Å²) >= 11 is 0. The molecule has 31 heavy (non-hydrogen) atoms. The van der Waals surface area contributed by atoms with Crippen LogP contribution in [-0.2, 0) is 16.1 Å². The van der Waals surface area contributed by atoms with Crippen LogP contribution in [-0.4, -0.2) is 56.1 Å². The molecule has 0 atom stereocenters. The zero-order chi connectivity index (χ0) is 21.6. The van der Waals surface area contributed by atoms with Crippen molar-refractivity contribution in [1.29, 1.82) is 0 Å². The number of nitrogens with one attached hydrogen (secondary N) is 2. The van der Waals surface area contributed by atoms with E-state index in [9.17, 15) is 9.59 Å². The number of tetrazole rings is 1. The second-order valence-corrected chi connectivity index (χ2v) is 7.65. The average Bonchev–Trinajstić information content (AvgIpc) is 3.22. The molecule has 2 aromatic carbocycles. The van der Waals surface area contributed by atoms with Crippen molar-refractivity contribution in [3.8, 4) is 5.69 Å². The number of aryl methyl sites for hydroxylation is 1. The second-order valence-electron chi connectivity index (χ2n) is 7.65. The highest BCUT2D eigenvalue weighted by molar-refractivity contribution is 6.39. The number of piperidine rings is 1. The number of carbonyl (C=O) groups excluding carboxylic acids is 2. The van der Waals surface area contributed by atoms with Crippen LogP contribution in [0, 0.1) is 6.92 Å². The number of benzene rings is 2. The smallest absolute Gasteiger partial charge is 0.313 e. The highest BCUT2D eigenvalue weighted by Crippen LogP contribution is 2.16. The number of rotatable bonds is 5. The fourth-order valence-corrected chi connectivity index (χ4v) is 3.70. The largest absolute Gasteiger partial charge is 0.345 e. The minimum absolute atomic E-state index is 0.000445. The van der Waals surface area contributed by atoms with E-state index in [4.69, 9.17) is 0 Å². The second kappa shape index (κ2) is 9.48. The van der Waals surface area contributed by atoms with E-state index in [2.05, 4.69) is 43.2 Å². The molecule has 2 N–H and O–H groups in total. The molecule has 9 heteroatoms. The monoisotopic (exact) mass is 419 g/mol. The highest BCUT2D eigenvalue weighted by atomic mass is 16.2. The molecule has 0 unspecified atom stereocenters. The quantitative estimate of drug-likeness (QED) is 0.610. The molecule has 1 aromatic heterocycles. The molecule has 2 heterocycles. The Morgan fingerprint density at radius 2 is 1.81 bits per heavy atom. The maximum Gasteiger partial charge on any atom is 0.313 e. The number of aromatic nitrogens is 4. The SMILES string of the molecule is Cc1nnnn1-c1cccc(NC(=O)C(=O)NC2CCN(Cc3ccccc3)CC2)c1. The molecular formula is C22H25N7O2. The Bertz CT molecular complexity index is 1040. The van der Waals surface area contributed by atoms with Crippen molar-refractivity contribution in [3.05, 3.63) is 66.0 Å². The van der Waals surface area contributed by atoms with Crippen LogP contribution in [0.15, 0.2) is 54.6 Å². The van der Waals surface area contributed by atoms with Gasteiger partial charge in [-0.05, 0) is 54.0 Å². The summed E-state index contributed by atoms with van der Waals surface area (Å²) in [5.41, 5.74) is 2.49. The molecule has 1 saturated heterocycles. The third kappa shape index (κ3) is 5.32. The molecule has 0 saturated carbocycles. The lowest BCUT2D eigenvalue weighted by molar-refractivity contribution is -0.136. The van der Waals surface area contributed by atoms with E-state index in [0.717, 1.165) is 32.5 Å². The van der Waals surface area contributed by atoms with Gasteiger partial charge < -0.3 is 10.6 Å². The molecule has 9 nitrogen and oxygen atoms in total. The van der Waals surface area contributed by atoms with E-state index >= 15 is 0 Å². The minimum Gasteiger partial charge on any atom is -0.345 e. The predicted molar refractivity (Wildman–Crippen MR) is 115 cm³/mol. The Morgan fingerprint density at radius 3 is 2.52 bits per heavy atom. The first-order chi connectivity index (χ1) is 15.1. The molecular weight excluding hydrogens is 394 g/mol. The normalized spacial score (nSPS) is 14.9. The van der Waals surface area contributed by atoms with Crippen LogP contribution >= 0.6 is 0 Å². The fraction of sp³-hybridized carbons (Fsp3) is 0.318. The average molecular weight is 419 g/mol. The summed E-state index contributed by atoms with van der Waals surface area (Å²) in [6, 6.07) is 17.4. The van der Waals surface area contributed by atoms with E-state index in [1.54, 1.807) is 29.8 Å². The standard InChI is InChI=1S/C22H25N7O2/c1-16-25-26-27-29(16)20-9-5-8-19(14-20)24-22(31)21(30)23-18-10-12-28(13-11-18)15-17-6-3-2-4-7-17/h2-9,14,18H,10-13,15H2,1H3,(H,23,30)(H,24,31). The van der Waals surface area contributed by atoms with Crippen molar-refractivity contribution in [2.75, 3.05) is 18.4 Å². The summed E-state index contributed by atoms with van der Waals surface area (Å²) in [6.45, 7) is 4.45. The van der Waals surface area contributed by atoms with Gasteiger partial charge in [0.15, 0.2) is 5.82 Å². The van der Waals surface area contributed by atoms with Gasteiger partial charge >= 0.3 is 11.8 Å². The van der Waals surface area contributed by atoms with Gasteiger partial charge in [-0.1, -0.05) is 36.4 Å². The van der Waals surface area contributed by atoms with Crippen LogP contribution in [0.5, 0.6) is 0 Å². The van der Waals surface area contributed by atoms with Crippen LogP contribution in [0.25, 0.3) is 5.69 Å². The van der Waals surface area contributed by atoms with E-state index in [1.807, 2.05) is 24.3 Å². The minimum atomic E-state index is -0.683. The fourth-order valence-electron chi connectivity index (χ4n) is 3.70. The maximum absolute atomic E-state index is 12.4. The molecule has 0 radical (unpaired) electrons. The third-order valence-electron chi connectivity index (χ3n) is 5.35. The Hall–Kier alpha value is -3.59. The number of nitrogens with zero attached hydrogens (tertiary/aromatic N) is 5. The van der Waals surface area contributed by atoms with Crippen molar-refractivity contribution in [2.24, 2.45) is 0 Å². The van der Waals surface area contributed by atoms with Crippen LogP contribution < -0.4 is 10.6 Å². The van der Waals surface area contributed by atoms with Crippen molar-refractivity contribution < 1.29 is 9.59 Å². The van der Waals surface area contributed by atoms with Crippen LogP contribution in [0.2, 0.25) is 0 Å². The van der Waals surface area contributed by atoms with Gasteiger partial charge in [-0.3, -0.25) is 14.5 Å². The third-order valence-corrected chi connectivity index (χ3v) is 5.35. The Morgan fingerprint density at radius 1 is 1.03 bits per heavy atom. The van der Waals surface area contributed by atoms with E-state index in [0.29, 0.717) is 17.2 Å². The lowest BCUT2D eigenvalue weighted by Crippen LogP contribution is -2.47. The van der Waals surface area contributed by atoms with Crippen molar-refractivity contribution >= 4 is 17.5 Å². The maximum atomic E-state index is 12.4. The zero-order valence-electron chi connectivity index (χ0n) is 17.4. The van der Waals surface area contributed by atoms with E-state index in [1.165, 1.54) is 5.56 Å². The summed E-state index contributed by atoms with van der Waals surface area (Å²) in [5, 5.41) is 16.9. The van der Waals surface area contributed by atoms with Gasteiger partial charge in [0, 0.05) is 31.4 Å². The van der Waals surface area contributed by atoms with Crippen LogP contribution in [0.1, 0.15) is 24.2 Å². The summed E-state index contributed by atoms with van der Waals surface area (Å²) < 4.78 is 1.55. The number of carbonyl (C=O) groups is 2. The number of hydrogen-bond acceptors (Lipinski definition) is 6. The summed E-state index contributed by atoms with van der Waals surface area (Å²) in [6.07, 6.45) is 1.64. The lowest BCUT2D eigenvalue weighted by Gasteiger charge is -2.32. The topological polar surface area (TPSA) is 105 Å². The summed E-state index contributed by atoms with van der Waals surface area (Å²) in [5.74, 6) is -0.678. The molecule has 1 aliphatic heterocycles. The van der Waals surface area contributed by atoms with Crippen LogP contribution in [0.3, 0.4) is 0 Å². The predicted octanol–water partition coefficient (Wildman–Crippen LogP) is 1.69. The number of anilines is 1. The van der Waals surface area contributed by atoms with E-state index in [-0.39, 0.29) is 6.04 Å². The first-order valence-corrected chi connectivity index (χ1v) is 10.3. The molecule has 1 aliphatic rings. The van der Waals surface area contributed by atoms with E-state index < -0.39 is 11.8 Å². The molecule has 160 valence electrons. The Kier molecular flexibility index (Phi) is 6.32. The number of amides is 2. The molecule has 0 spiro atoms. The van der Waals surface area contributed by atoms with Gasteiger partial charge in [-0.25, -0.2) is 0 Å². The molecule has 3 aromatic rings. The number of hydrogen-bond donors (Lipinski definition) is 2. The van der Waals surface area contributed by atoms with Gasteiger partial charge in [0.2, 0.25) is 0 Å². The molecule has 1 fully saturated rings. The zero-order valence-corrected chi connectivity index (χ0v) is 17.4. The van der Waals surface area contributed by atoms with Crippen molar-refractivity contribution in [1.82, 2.24) is 30.4 Å². The Labute approximate surface area is 180 Å². The summed E-state index contributed by atoms with van der Waals surface area (Å²) in [7, 11) is 0. The van der Waals surface area contributed by atoms with Gasteiger partial charge in [0.25, 0.3) is 0 Å². The molecule has 0 bridgehead atoms. The summed E-state index contributed by atoms with van der Waals surface area (Å²) in [4.78, 5) is 27.1. The number of likely N-dealkylation sites (tertiary alicyclic amines) is 1. The molecule has 0 aliphatic carbocycles. The first kappa shape index (κ1) is 20.7. The van der Waals surface area contributed by atoms with Crippen molar-refractivity contribution in [3.63, 3.8) is 0 Å². The lowest BCUT2D eigenvalue weighted by atomic mass is 10.0.